The van der Waals surface area contributed by atoms with E-state index in [0.717, 1.165) is 36.9 Å². The fourth-order valence-corrected chi connectivity index (χ4v) is 4.51. The van der Waals surface area contributed by atoms with E-state index in [0.29, 0.717) is 18.3 Å². The van der Waals surface area contributed by atoms with Crippen molar-refractivity contribution in [1.29, 1.82) is 0 Å². The van der Waals surface area contributed by atoms with Crippen molar-refractivity contribution in [3.05, 3.63) is 29.8 Å². The van der Waals surface area contributed by atoms with Crippen molar-refractivity contribution in [2.24, 2.45) is 23.5 Å². The molecule has 5 heteroatoms. The van der Waals surface area contributed by atoms with E-state index < -0.39 is 0 Å². The van der Waals surface area contributed by atoms with Gasteiger partial charge in [-0.3, -0.25) is 9.59 Å². The van der Waals surface area contributed by atoms with E-state index in [4.69, 9.17) is 5.73 Å². The standard InChI is InChI=1S/C21H31N3O2/c1-13(2)23-19(25)10-14-6-8-18(9-7-14)24-21(26)17-11-15-4-3-5-16(12-17)20(15)22/h6-9,13,15-17,20H,3-5,10-12,22H2,1-2H3,(H,23,25)(H,24,26). The summed E-state index contributed by atoms with van der Waals surface area (Å²) in [5.74, 6) is 1.20. The normalized spacial score (nSPS) is 27.8. The predicted molar refractivity (Wildman–Crippen MR) is 104 cm³/mol. The molecule has 0 aliphatic heterocycles. The first-order valence-corrected chi connectivity index (χ1v) is 9.87. The Labute approximate surface area is 156 Å². The van der Waals surface area contributed by atoms with Crippen molar-refractivity contribution < 1.29 is 9.59 Å². The first kappa shape index (κ1) is 18.9. The van der Waals surface area contributed by atoms with Crippen LogP contribution in [0.25, 0.3) is 0 Å². The predicted octanol–water partition coefficient (Wildman–Crippen LogP) is 2.85. The van der Waals surface area contributed by atoms with Crippen LogP contribution in [0.15, 0.2) is 24.3 Å². The van der Waals surface area contributed by atoms with Gasteiger partial charge in [0.05, 0.1) is 6.42 Å². The molecular weight excluding hydrogens is 326 g/mol. The maximum absolute atomic E-state index is 12.7. The molecule has 142 valence electrons. The van der Waals surface area contributed by atoms with E-state index in [9.17, 15) is 9.59 Å². The van der Waals surface area contributed by atoms with E-state index in [1.165, 1.54) is 6.42 Å². The zero-order valence-corrected chi connectivity index (χ0v) is 15.8. The van der Waals surface area contributed by atoms with Crippen molar-refractivity contribution >= 4 is 17.5 Å². The molecule has 1 aromatic rings. The number of nitrogens with two attached hydrogens (primary N) is 1. The third-order valence-corrected chi connectivity index (χ3v) is 5.82. The van der Waals surface area contributed by atoms with Gasteiger partial charge in [-0.1, -0.05) is 18.6 Å². The first-order valence-electron chi connectivity index (χ1n) is 9.87. The molecule has 1 aromatic carbocycles. The summed E-state index contributed by atoms with van der Waals surface area (Å²) in [6.07, 6.45) is 5.76. The summed E-state index contributed by atoms with van der Waals surface area (Å²) < 4.78 is 0. The SMILES string of the molecule is CC(C)NC(=O)Cc1ccc(NC(=O)C2CC3CCCC(C2)C3N)cc1. The van der Waals surface area contributed by atoms with Gasteiger partial charge in [-0.25, -0.2) is 0 Å². The van der Waals surface area contributed by atoms with E-state index in [1.54, 1.807) is 0 Å². The molecule has 5 nitrogen and oxygen atoms in total. The number of benzene rings is 1. The molecule has 2 aliphatic rings. The summed E-state index contributed by atoms with van der Waals surface area (Å²) in [6.45, 7) is 3.89. The zero-order chi connectivity index (χ0) is 18.7. The van der Waals surface area contributed by atoms with Crippen LogP contribution in [0.2, 0.25) is 0 Å². The Bertz CT molecular complexity index is 627. The fraction of sp³-hybridized carbons (Fsp3) is 0.619. The molecule has 2 fully saturated rings. The highest BCUT2D eigenvalue weighted by atomic mass is 16.2. The van der Waals surface area contributed by atoms with Crippen molar-refractivity contribution in [1.82, 2.24) is 5.32 Å². The molecule has 3 rings (SSSR count). The molecule has 0 saturated heterocycles. The Morgan fingerprint density at radius 1 is 1.12 bits per heavy atom. The maximum Gasteiger partial charge on any atom is 0.227 e. The summed E-state index contributed by atoms with van der Waals surface area (Å²) in [6, 6.07) is 7.99. The van der Waals surface area contributed by atoms with E-state index >= 15 is 0 Å². The number of nitrogens with one attached hydrogen (secondary N) is 2. The number of rotatable bonds is 5. The van der Waals surface area contributed by atoms with Gasteiger partial charge in [0.2, 0.25) is 11.8 Å². The molecule has 0 radical (unpaired) electrons. The molecule has 0 aromatic heterocycles. The molecule has 2 saturated carbocycles. The van der Waals surface area contributed by atoms with Gasteiger partial charge < -0.3 is 16.4 Å². The van der Waals surface area contributed by atoms with Crippen LogP contribution < -0.4 is 16.4 Å². The summed E-state index contributed by atoms with van der Waals surface area (Å²) in [5.41, 5.74) is 8.06. The Morgan fingerprint density at radius 3 is 2.31 bits per heavy atom. The Balaban J connectivity index is 1.54. The minimum atomic E-state index is 0.0156. The monoisotopic (exact) mass is 357 g/mol. The van der Waals surface area contributed by atoms with Gasteiger partial charge in [0.1, 0.15) is 0 Å². The van der Waals surface area contributed by atoms with E-state index in [1.807, 2.05) is 38.1 Å². The highest BCUT2D eigenvalue weighted by Gasteiger charge is 2.40. The topological polar surface area (TPSA) is 84.2 Å². The summed E-state index contributed by atoms with van der Waals surface area (Å²) >= 11 is 0. The van der Waals surface area contributed by atoms with Crippen LogP contribution in [0.1, 0.15) is 51.5 Å². The van der Waals surface area contributed by atoms with Crippen molar-refractivity contribution in [3.8, 4) is 0 Å². The van der Waals surface area contributed by atoms with Gasteiger partial charge in [0.15, 0.2) is 0 Å². The van der Waals surface area contributed by atoms with Crippen LogP contribution in [-0.4, -0.2) is 23.9 Å². The second kappa shape index (κ2) is 8.21. The van der Waals surface area contributed by atoms with Gasteiger partial charge in [-0.2, -0.15) is 0 Å². The van der Waals surface area contributed by atoms with Gasteiger partial charge in [0.25, 0.3) is 0 Å². The van der Waals surface area contributed by atoms with Crippen LogP contribution in [0.5, 0.6) is 0 Å². The minimum absolute atomic E-state index is 0.0156. The second-order valence-corrected chi connectivity index (χ2v) is 8.28. The molecule has 0 spiro atoms. The van der Waals surface area contributed by atoms with E-state index in [2.05, 4.69) is 10.6 Å². The zero-order valence-electron chi connectivity index (χ0n) is 15.8. The molecule has 2 amide bonds. The number of anilines is 1. The molecule has 4 N–H and O–H groups in total. The molecular formula is C21H31N3O2. The van der Waals surface area contributed by atoms with Crippen molar-refractivity contribution in [3.63, 3.8) is 0 Å². The first-order chi connectivity index (χ1) is 12.4. The van der Waals surface area contributed by atoms with Crippen LogP contribution >= 0.6 is 0 Å². The Hall–Kier alpha value is -1.88. The lowest BCUT2D eigenvalue weighted by Gasteiger charge is -2.43. The minimum Gasteiger partial charge on any atom is -0.354 e. The number of carbonyl (C=O) groups is 2. The molecule has 2 aliphatic carbocycles. The lowest BCUT2D eigenvalue weighted by atomic mass is 9.65. The van der Waals surface area contributed by atoms with Crippen molar-refractivity contribution in [2.45, 2.75) is 64.5 Å². The maximum atomic E-state index is 12.7. The average Bonchev–Trinajstić information content (AvgIpc) is 2.55. The average molecular weight is 357 g/mol. The summed E-state index contributed by atoms with van der Waals surface area (Å²) in [4.78, 5) is 24.5. The highest BCUT2D eigenvalue weighted by molar-refractivity contribution is 5.92. The smallest absolute Gasteiger partial charge is 0.227 e. The quantitative estimate of drug-likeness (QED) is 0.757. The number of amides is 2. The van der Waals surface area contributed by atoms with E-state index in [-0.39, 0.29) is 29.8 Å². The van der Waals surface area contributed by atoms with Gasteiger partial charge >= 0.3 is 0 Å². The van der Waals surface area contributed by atoms with Crippen LogP contribution in [0, 0.1) is 17.8 Å². The van der Waals surface area contributed by atoms with Crippen LogP contribution in [0.3, 0.4) is 0 Å². The molecule has 26 heavy (non-hydrogen) atoms. The Morgan fingerprint density at radius 2 is 1.73 bits per heavy atom. The molecule has 2 atom stereocenters. The molecule has 0 heterocycles. The van der Waals surface area contributed by atoms with Crippen molar-refractivity contribution in [2.75, 3.05) is 5.32 Å². The Kier molecular flexibility index (Phi) is 5.97. The number of fused-ring (bicyclic) bond motifs is 2. The third kappa shape index (κ3) is 4.64. The molecule has 2 unspecified atom stereocenters. The fourth-order valence-electron chi connectivity index (χ4n) is 4.51. The third-order valence-electron chi connectivity index (χ3n) is 5.82. The largest absolute Gasteiger partial charge is 0.354 e. The van der Waals surface area contributed by atoms with Crippen LogP contribution in [0.4, 0.5) is 5.69 Å². The van der Waals surface area contributed by atoms with Gasteiger partial charge in [-0.15, -0.1) is 0 Å². The summed E-state index contributed by atoms with van der Waals surface area (Å²) in [5, 5.41) is 5.93. The second-order valence-electron chi connectivity index (χ2n) is 8.28. The molecule has 2 bridgehead atoms. The number of carbonyl (C=O) groups excluding carboxylic acids is 2. The van der Waals surface area contributed by atoms with Crippen LogP contribution in [-0.2, 0) is 16.0 Å². The highest BCUT2D eigenvalue weighted by Crippen LogP contribution is 2.42. The lowest BCUT2D eigenvalue weighted by molar-refractivity contribution is -0.123. The lowest BCUT2D eigenvalue weighted by Crippen LogP contribution is -2.48. The van der Waals surface area contributed by atoms with Gasteiger partial charge in [0, 0.05) is 23.7 Å². The summed E-state index contributed by atoms with van der Waals surface area (Å²) in [7, 11) is 0. The van der Waals surface area contributed by atoms with Gasteiger partial charge in [-0.05, 0) is 69.1 Å². The number of hydrogen-bond acceptors (Lipinski definition) is 3. The number of hydrogen-bond donors (Lipinski definition) is 3.